The van der Waals surface area contributed by atoms with Gasteiger partial charge in [-0.3, -0.25) is 0 Å². The summed E-state index contributed by atoms with van der Waals surface area (Å²) < 4.78 is 49.8. The fraction of sp³-hybridized carbons (Fsp3) is 0.412. The van der Waals surface area contributed by atoms with E-state index >= 15 is 0 Å². The fourth-order valence-electron chi connectivity index (χ4n) is 2.44. The molecule has 1 heterocycles. The van der Waals surface area contributed by atoms with Crippen LogP contribution in [-0.2, 0) is 15.7 Å². The Kier molecular flexibility index (Phi) is 6.05. The highest BCUT2D eigenvalue weighted by Gasteiger charge is 2.39. The maximum Gasteiger partial charge on any atom is 0.419 e. The summed E-state index contributed by atoms with van der Waals surface area (Å²) in [5.74, 6) is -0.706. The molecule has 0 aliphatic carbocycles. The number of hydrogen-bond donors (Lipinski definition) is 0. The zero-order chi connectivity index (χ0) is 18.6. The van der Waals surface area contributed by atoms with E-state index in [1.807, 2.05) is 0 Å². The van der Waals surface area contributed by atoms with E-state index in [2.05, 4.69) is 11.3 Å². The molecule has 0 aromatic heterocycles. The summed E-state index contributed by atoms with van der Waals surface area (Å²) in [6, 6.07) is 3.13. The van der Waals surface area contributed by atoms with Gasteiger partial charge in [0.05, 0.1) is 19.3 Å². The van der Waals surface area contributed by atoms with Gasteiger partial charge in [0.15, 0.2) is 0 Å². The van der Waals surface area contributed by atoms with Crippen LogP contribution in [0.2, 0.25) is 0 Å². The molecule has 0 bridgehead atoms. The Morgan fingerprint density at radius 2 is 2.20 bits per heavy atom. The highest BCUT2D eigenvalue weighted by molar-refractivity contribution is 7.80. The Hall–Kier alpha value is -2.09. The first-order chi connectivity index (χ1) is 11.8. The number of methoxy groups -OCH3 is 1. The number of likely N-dealkylation sites (tertiary alicyclic amines) is 1. The van der Waals surface area contributed by atoms with Gasteiger partial charge in [-0.2, -0.15) is 13.2 Å². The number of benzene rings is 1. The van der Waals surface area contributed by atoms with Crippen LogP contribution in [0.1, 0.15) is 24.0 Å². The van der Waals surface area contributed by atoms with Gasteiger partial charge >= 0.3 is 12.1 Å². The van der Waals surface area contributed by atoms with Gasteiger partial charge in [0.2, 0.25) is 0 Å². The fourth-order valence-corrected chi connectivity index (χ4v) is 2.79. The quantitative estimate of drug-likeness (QED) is 0.330. The lowest BCUT2D eigenvalue weighted by molar-refractivity contribution is -0.148. The molecule has 0 radical (unpaired) electrons. The van der Waals surface area contributed by atoms with Gasteiger partial charge in [-0.25, -0.2) is 4.79 Å². The third kappa shape index (κ3) is 4.31. The highest BCUT2D eigenvalue weighted by Crippen LogP contribution is 2.37. The second-order valence-electron chi connectivity index (χ2n) is 5.46. The van der Waals surface area contributed by atoms with Crippen molar-refractivity contribution in [2.24, 2.45) is 0 Å². The van der Waals surface area contributed by atoms with Gasteiger partial charge in [-0.15, -0.1) is 6.58 Å². The Morgan fingerprint density at radius 3 is 2.72 bits per heavy atom. The minimum atomic E-state index is -4.58. The highest BCUT2D eigenvalue weighted by atomic mass is 32.1. The van der Waals surface area contributed by atoms with Crippen LogP contribution in [-0.4, -0.2) is 42.2 Å². The number of carbonyl (C=O) groups is 1. The lowest BCUT2D eigenvalue weighted by Gasteiger charge is -2.40. The van der Waals surface area contributed by atoms with Gasteiger partial charge < -0.3 is 14.4 Å². The summed E-state index contributed by atoms with van der Waals surface area (Å²) >= 11 is 5.27. The number of carbonyl (C=O) groups excluding carboxylic acids is 1. The summed E-state index contributed by atoms with van der Waals surface area (Å²) in [5, 5.41) is 0. The maximum absolute atomic E-state index is 13.3. The van der Waals surface area contributed by atoms with Crippen LogP contribution in [0.3, 0.4) is 0 Å². The topological polar surface area (TPSA) is 38.8 Å². The molecule has 1 fully saturated rings. The molecule has 1 aromatic rings. The van der Waals surface area contributed by atoms with Crippen LogP contribution in [0.5, 0.6) is 5.75 Å². The van der Waals surface area contributed by atoms with Gasteiger partial charge in [-0.1, -0.05) is 18.3 Å². The molecule has 4 nitrogen and oxygen atoms in total. The molecule has 0 saturated carbocycles. The van der Waals surface area contributed by atoms with Crippen molar-refractivity contribution in [2.45, 2.75) is 25.1 Å². The largest absolute Gasteiger partial charge is 0.493 e. The van der Waals surface area contributed by atoms with Crippen LogP contribution in [0.4, 0.5) is 13.2 Å². The number of thiocarbonyl (C=S) groups is 1. The first kappa shape index (κ1) is 19.2. The van der Waals surface area contributed by atoms with Gasteiger partial charge in [-0.05, 0) is 31.0 Å². The van der Waals surface area contributed by atoms with Crippen molar-refractivity contribution < 1.29 is 27.4 Å². The third-order valence-corrected chi connectivity index (χ3v) is 4.34. The second kappa shape index (κ2) is 7.86. The second-order valence-corrected chi connectivity index (χ2v) is 5.85. The van der Waals surface area contributed by atoms with Crippen molar-refractivity contribution in [1.82, 2.24) is 4.90 Å². The monoisotopic (exact) mass is 373 g/mol. The normalized spacial score (nSPS) is 16.8. The van der Waals surface area contributed by atoms with Crippen LogP contribution in [0, 0.1) is 0 Å². The van der Waals surface area contributed by atoms with E-state index in [0.717, 1.165) is 6.07 Å². The van der Waals surface area contributed by atoms with Crippen LogP contribution in [0.25, 0.3) is 0 Å². The number of rotatable bonds is 6. The van der Waals surface area contributed by atoms with Gasteiger partial charge in [0.1, 0.15) is 16.8 Å². The van der Waals surface area contributed by atoms with Crippen LogP contribution < -0.4 is 4.74 Å². The number of ether oxygens (including phenoxy) is 2. The molecule has 2 rings (SSSR count). The first-order valence-electron chi connectivity index (χ1n) is 7.63. The van der Waals surface area contributed by atoms with E-state index in [1.165, 1.54) is 19.2 Å². The molecule has 1 atom stereocenters. The smallest absolute Gasteiger partial charge is 0.419 e. The molecule has 136 valence electrons. The number of halogens is 3. The van der Waals surface area contributed by atoms with Crippen molar-refractivity contribution in [1.29, 1.82) is 0 Å². The summed E-state index contributed by atoms with van der Waals surface area (Å²) in [4.78, 5) is 13.4. The first-order valence-corrected chi connectivity index (χ1v) is 8.04. The van der Waals surface area contributed by atoms with Crippen LogP contribution in [0.15, 0.2) is 30.9 Å². The van der Waals surface area contributed by atoms with Gasteiger partial charge in [0.25, 0.3) is 0 Å². The van der Waals surface area contributed by atoms with E-state index in [0.29, 0.717) is 19.4 Å². The summed E-state index contributed by atoms with van der Waals surface area (Å²) in [6.07, 6.45) is -2.02. The number of nitrogens with zero attached hydrogens (tertiary/aromatic N) is 1. The molecule has 0 spiro atoms. The van der Waals surface area contributed by atoms with Crippen molar-refractivity contribution in [3.63, 3.8) is 0 Å². The summed E-state index contributed by atoms with van der Waals surface area (Å²) in [6.45, 7) is 4.10. The molecule has 0 unspecified atom stereocenters. The minimum absolute atomic E-state index is 0.104. The van der Waals surface area contributed by atoms with Crippen molar-refractivity contribution in [2.75, 3.05) is 20.3 Å². The van der Waals surface area contributed by atoms with Crippen molar-refractivity contribution in [3.05, 3.63) is 42.0 Å². The van der Waals surface area contributed by atoms with E-state index in [-0.39, 0.29) is 22.9 Å². The van der Waals surface area contributed by atoms with E-state index < -0.39 is 23.8 Å². The molecule has 0 N–H and O–H groups in total. The predicted octanol–water partition coefficient (Wildman–Crippen LogP) is 3.58. The Morgan fingerprint density at radius 1 is 1.48 bits per heavy atom. The molecule has 1 saturated heterocycles. The number of alkyl halides is 3. The van der Waals surface area contributed by atoms with Crippen molar-refractivity contribution >= 4 is 23.2 Å². The van der Waals surface area contributed by atoms with E-state index in [1.54, 1.807) is 11.0 Å². The lowest BCUT2D eigenvalue weighted by atomic mass is 10.0. The van der Waals surface area contributed by atoms with E-state index in [9.17, 15) is 18.0 Å². The SMILES string of the molecule is C=CCCOc1ccc(C(=S)N2CC[C@@H]2C(=O)OC)cc1C(F)(F)F. The van der Waals surface area contributed by atoms with E-state index in [4.69, 9.17) is 17.0 Å². The van der Waals surface area contributed by atoms with Gasteiger partial charge in [0, 0.05) is 12.1 Å². The molecule has 1 aliphatic heterocycles. The molecule has 25 heavy (non-hydrogen) atoms. The number of esters is 1. The average molecular weight is 373 g/mol. The molecular formula is C17H18F3NO3S. The third-order valence-electron chi connectivity index (χ3n) is 3.87. The average Bonchev–Trinajstić information content (AvgIpc) is 2.53. The zero-order valence-electron chi connectivity index (χ0n) is 13.6. The minimum Gasteiger partial charge on any atom is -0.493 e. The lowest BCUT2D eigenvalue weighted by Crippen LogP contribution is -2.55. The van der Waals surface area contributed by atoms with Crippen LogP contribution >= 0.6 is 12.2 Å². The van der Waals surface area contributed by atoms with Crippen molar-refractivity contribution in [3.8, 4) is 5.75 Å². The zero-order valence-corrected chi connectivity index (χ0v) is 14.5. The predicted molar refractivity (Wildman–Crippen MR) is 90.6 cm³/mol. The maximum atomic E-state index is 13.3. The summed E-state index contributed by atoms with van der Waals surface area (Å²) in [5.41, 5.74) is -0.682. The molecule has 1 aliphatic rings. The Bertz CT molecular complexity index is 676. The Labute approximate surface area is 149 Å². The molecule has 8 heteroatoms. The summed E-state index contributed by atoms with van der Waals surface area (Å²) in [7, 11) is 1.26. The number of hydrogen-bond acceptors (Lipinski definition) is 4. The standard InChI is InChI=1S/C17H18F3NO3S/c1-3-4-9-24-14-6-5-11(10-12(14)17(18,19)20)15(25)21-8-7-13(21)16(22)23-2/h3,5-6,10,13H,1,4,7-9H2,2H3/t13-/m1/s1. The molecule has 0 amide bonds. The molecular weight excluding hydrogens is 355 g/mol. The molecule has 1 aromatic carbocycles. The Balaban J connectivity index is 2.25.